The molecule has 0 saturated heterocycles. The normalized spacial score (nSPS) is 10.3. The lowest BCUT2D eigenvalue weighted by Gasteiger charge is -2.09. The third kappa shape index (κ3) is 3.30. The summed E-state index contributed by atoms with van der Waals surface area (Å²) in [5.41, 5.74) is 3.13. The van der Waals surface area contributed by atoms with Gasteiger partial charge in [0, 0.05) is 16.7 Å². The predicted octanol–water partition coefficient (Wildman–Crippen LogP) is 4.51. The Bertz CT molecular complexity index is 508. The molecule has 0 aliphatic heterocycles. The summed E-state index contributed by atoms with van der Waals surface area (Å²) < 4.78 is 14.0. The molecule has 0 aromatic heterocycles. The van der Waals surface area contributed by atoms with E-state index < -0.39 is 0 Å². The number of hydrogen-bond acceptors (Lipinski definition) is 1. The Morgan fingerprint density at radius 3 is 2.47 bits per heavy atom. The van der Waals surface area contributed by atoms with Crippen LogP contribution in [-0.4, -0.2) is 0 Å². The van der Waals surface area contributed by atoms with Crippen LogP contribution < -0.4 is 5.32 Å². The summed E-state index contributed by atoms with van der Waals surface area (Å²) in [7, 11) is 0. The van der Waals surface area contributed by atoms with Crippen LogP contribution in [0.4, 0.5) is 10.1 Å². The third-order valence-corrected chi connectivity index (χ3v) is 3.16. The average molecular weight is 294 g/mol. The van der Waals surface area contributed by atoms with Crippen molar-refractivity contribution < 1.29 is 4.39 Å². The second-order valence-corrected chi connectivity index (χ2v) is 4.85. The van der Waals surface area contributed by atoms with Crippen LogP contribution in [0.25, 0.3) is 0 Å². The molecule has 88 valence electrons. The van der Waals surface area contributed by atoms with Gasteiger partial charge in [-0.25, -0.2) is 4.39 Å². The number of nitrogens with one attached hydrogen (secondary N) is 1. The highest BCUT2D eigenvalue weighted by atomic mass is 79.9. The number of hydrogen-bond donors (Lipinski definition) is 1. The van der Waals surface area contributed by atoms with Crippen LogP contribution in [0, 0.1) is 12.7 Å². The third-order valence-electron chi connectivity index (χ3n) is 2.63. The summed E-state index contributed by atoms with van der Waals surface area (Å²) in [4.78, 5) is 0. The van der Waals surface area contributed by atoms with Crippen LogP contribution in [0.15, 0.2) is 46.9 Å². The van der Waals surface area contributed by atoms with Crippen molar-refractivity contribution >= 4 is 21.6 Å². The van der Waals surface area contributed by atoms with Gasteiger partial charge in [0.15, 0.2) is 0 Å². The van der Waals surface area contributed by atoms with Crippen LogP contribution in [0.3, 0.4) is 0 Å². The molecular weight excluding hydrogens is 281 g/mol. The minimum absolute atomic E-state index is 0.185. The van der Waals surface area contributed by atoms with E-state index in [9.17, 15) is 4.39 Å². The number of halogens is 2. The molecule has 0 spiro atoms. The molecule has 1 nitrogen and oxygen atoms in total. The summed E-state index contributed by atoms with van der Waals surface area (Å²) in [5, 5.41) is 3.31. The molecule has 1 N–H and O–H groups in total. The van der Waals surface area contributed by atoms with Crippen LogP contribution in [0.1, 0.15) is 11.1 Å². The maximum atomic E-state index is 12.9. The van der Waals surface area contributed by atoms with E-state index in [1.54, 1.807) is 6.07 Å². The van der Waals surface area contributed by atoms with Crippen molar-refractivity contribution in [1.82, 2.24) is 0 Å². The number of anilines is 1. The fraction of sp³-hybridized carbons (Fsp3) is 0.143. The highest BCUT2D eigenvalue weighted by Crippen LogP contribution is 2.16. The first-order valence-corrected chi connectivity index (χ1v) is 6.19. The number of rotatable bonds is 3. The summed E-state index contributed by atoms with van der Waals surface area (Å²) in [6, 6.07) is 12.8. The highest BCUT2D eigenvalue weighted by Gasteiger charge is 2.00. The summed E-state index contributed by atoms with van der Waals surface area (Å²) >= 11 is 3.39. The largest absolute Gasteiger partial charge is 0.381 e. The first-order valence-electron chi connectivity index (χ1n) is 5.39. The molecule has 0 heterocycles. The minimum atomic E-state index is -0.185. The smallest absolute Gasteiger partial charge is 0.123 e. The van der Waals surface area contributed by atoms with Gasteiger partial charge in [-0.3, -0.25) is 0 Å². The van der Waals surface area contributed by atoms with Crippen LogP contribution in [0.5, 0.6) is 0 Å². The zero-order chi connectivity index (χ0) is 12.3. The predicted molar refractivity (Wildman–Crippen MR) is 72.6 cm³/mol. The van der Waals surface area contributed by atoms with E-state index in [1.165, 1.54) is 6.07 Å². The van der Waals surface area contributed by atoms with Crippen molar-refractivity contribution in [2.24, 2.45) is 0 Å². The second-order valence-electron chi connectivity index (χ2n) is 3.93. The van der Waals surface area contributed by atoms with E-state index in [4.69, 9.17) is 0 Å². The molecule has 0 atom stereocenters. The molecule has 0 bridgehead atoms. The molecule has 2 rings (SSSR count). The van der Waals surface area contributed by atoms with Crippen molar-refractivity contribution in [3.63, 3.8) is 0 Å². The van der Waals surface area contributed by atoms with Crippen LogP contribution in [-0.2, 0) is 6.54 Å². The topological polar surface area (TPSA) is 12.0 Å². The average Bonchev–Trinajstić information content (AvgIpc) is 2.30. The Kier molecular flexibility index (Phi) is 3.79. The van der Waals surface area contributed by atoms with Gasteiger partial charge in [-0.15, -0.1) is 0 Å². The van der Waals surface area contributed by atoms with Crippen molar-refractivity contribution in [2.75, 3.05) is 5.32 Å². The standard InChI is InChI=1S/C14H13BrFN/c1-10-8-13(16)5-2-11(10)9-17-14-6-3-12(15)4-7-14/h2-8,17H,9H2,1H3. The Morgan fingerprint density at radius 2 is 1.82 bits per heavy atom. The fourth-order valence-corrected chi connectivity index (χ4v) is 1.89. The second kappa shape index (κ2) is 5.32. The van der Waals surface area contributed by atoms with E-state index in [0.717, 1.165) is 21.3 Å². The van der Waals surface area contributed by atoms with E-state index in [0.29, 0.717) is 6.54 Å². The Labute approximate surface area is 109 Å². The van der Waals surface area contributed by atoms with Gasteiger partial charge in [-0.2, -0.15) is 0 Å². The van der Waals surface area contributed by atoms with Gasteiger partial charge in [0.05, 0.1) is 0 Å². The first-order chi connectivity index (χ1) is 8.15. The lowest BCUT2D eigenvalue weighted by atomic mass is 10.1. The molecule has 2 aromatic rings. The van der Waals surface area contributed by atoms with Gasteiger partial charge in [0.25, 0.3) is 0 Å². The Hall–Kier alpha value is -1.35. The highest BCUT2D eigenvalue weighted by molar-refractivity contribution is 9.10. The summed E-state index contributed by atoms with van der Waals surface area (Å²) in [6.07, 6.45) is 0. The molecule has 0 fully saturated rings. The SMILES string of the molecule is Cc1cc(F)ccc1CNc1ccc(Br)cc1. The van der Waals surface area contributed by atoms with Crippen molar-refractivity contribution in [1.29, 1.82) is 0 Å². The lowest BCUT2D eigenvalue weighted by molar-refractivity contribution is 0.625. The molecule has 2 aromatic carbocycles. The van der Waals surface area contributed by atoms with Crippen LogP contribution in [0.2, 0.25) is 0 Å². The van der Waals surface area contributed by atoms with Crippen LogP contribution >= 0.6 is 15.9 Å². The zero-order valence-corrected chi connectivity index (χ0v) is 11.1. The maximum absolute atomic E-state index is 12.9. The molecule has 0 saturated carbocycles. The molecule has 3 heteroatoms. The minimum Gasteiger partial charge on any atom is -0.381 e. The van der Waals surface area contributed by atoms with E-state index >= 15 is 0 Å². The van der Waals surface area contributed by atoms with Crippen molar-refractivity contribution in [3.05, 3.63) is 63.9 Å². The quantitative estimate of drug-likeness (QED) is 0.878. The molecule has 0 amide bonds. The Morgan fingerprint density at radius 1 is 1.12 bits per heavy atom. The Balaban J connectivity index is 2.04. The molecule has 0 radical (unpaired) electrons. The first kappa shape index (κ1) is 12.1. The van der Waals surface area contributed by atoms with Gasteiger partial charge in [0.2, 0.25) is 0 Å². The van der Waals surface area contributed by atoms with E-state index in [-0.39, 0.29) is 5.82 Å². The molecule has 17 heavy (non-hydrogen) atoms. The van der Waals surface area contributed by atoms with E-state index in [1.807, 2.05) is 37.3 Å². The monoisotopic (exact) mass is 293 g/mol. The molecular formula is C14H13BrFN. The van der Waals surface area contributed by atoms with Crippen molar-refractivity contribution in [2.45, 2.75) is 13.5 Å². The van der Waals surface area contributed by atoms with Gasteiger partial charge in [0.1, 0.15) is 5.82 Å². The van der Waals surface area contributed by atoms with Gasteiger partial charge in [-0.1, -0.05) is 22.0 Å². The van der Waals surface area contributed by atoms with Gasteiger partial charge < -0.3 is 5.32 Å². The van der Waals surface area contributed by atoms with Gasteiger partial charge in [-0.05, 0) is 54.4 Å². The zero-order valence-electron chi connectivity index (χ0n) is 9.50. The van der Waals surface area contributed by atoms with Gasteiger partial charge >= 0.3 is 0 Å². The lowest BCUT2D eigenvalue weighted by Crippen LogP contribution is -2.01. The van der Waals surface area contributed by atoms with Crippen molar-refractivity contribution in [3.8, 4) is 0 Å². The summed E-state index contributed by atoms with van der Waals surface area (Å²) in [6.45, 7) is 2.62. The molecule has 0 aliphatic carbocycles. The van der Waals surface area contributed by atoms with E-state index in [2.05, 4.69) is 21.2 Å². The summed E-state index contributed by atoms with van der Waals surface area (Å²) in [5.74, 6) is -0.185. The maximum Gasteiger partial charge on any atom is 0.123 e. The number of aryl methyl sites for hydroxylation is 1. The fourth-order valence-electron chi connectivity index (χ4n) is 1.62. The number of benzene rings is 2. The molecule has 0 unspecified atom stereocenters. The molecule has 0 aliphatic rings.